The highest BCUT2D eigenvalue weighted by Crippen LogP contribution is 2.39. The fraction of sp³-hybridized carbons (Fsp3) is 0.440. The van der Waals surface area contributed by atoms with Crippen molar-refractivity contribution in [1.29, 1.82) is 0 Å². The number of amides is 2. The molecule has 2 aliphatic heterocycles. The molecule has 2 fully saturated rings. The third kappa shape index (κ3) is 5.22. The molecule has 7 nitrogen and oxygen atoms in total. The average Bonchev–Trinajstić information content (AvgIpc) is 3.62. The first-order chi connectivity index (χ1) is 16.7. The Kier molecular flexibility index (Phi) is 6.85. The lowest BCUT2D eigenvalue weighted by atomic mass is 10.2. The molecular weight excluding hydrogens is 554 g/mol. The zero-order chi connectivity index (χ0) is 24.7. The Balaban J connectivity index is 1.22. The van der Waals surface area contributed by atoms with Crippen molar-refractivity contribution >= 4 is 60.6 Å². The molecule has 1 saturated heterocycles. The van der Waals surface area contributed by atoms with Crippen molar-refractivity contribution in [2.75, 3.05) is 48.3 Å². The smallest absolute Gasteiger partial charge is 0.230 e. The third-order valence-corrected chi connectivity index (χ3v) is 9.85. The zero-order valence-corrected chi connectivity index (χ0v) is 22.4. The molecule has 1 saturated carbocycles. The molecule has 0 unspecified atom stereocenters. The van der Waals surface area contributed by atoms with Gasteiger partial charge in [-0.1, -0.05) is 17.7 Å². The maximum absolute atomic E-state index is 13.2. The van der Waals surface area contributed by atoms with Crippen molar-refractivity contribution in [2.24, 2.45) is 5.92 Å². The number of carbonyl (C=O) groups excluding carboxylic acids is 2. The van der Waals surface area contributed by atoms with Gasteiger partial charge < -0.3 is 14.7 Å². The Labute approximate surface area is 219 Å². The minimum Gasteiger partial charge on any atom is -0.368 e. The highest BCUT2D eigenvalue weighted by Gasteiger charge is 2.37. The van der Waals surface area contributed by atoms with Gasteiger partial charge in [-0.3, -0.25) is 9.59 Å². The first-order valence-electron chi connectivity index (χ1n) is 11.9. The summed E-state index contributed by atoms with van der Waals surface area (Å²) in [5.74, 6) is -0.279. The number of hydrogen-bond acceptors (Lipinski definition) is 5. The third-order valence-electron chi connectivity index (χ3n) is 6.95. The molecule has 3 aliphatic rings. The van der Waals surface area contributed by atoms with Crippen LogP contribution in [0.4, 0.5) is 11.4 Å². The predicted molar refractivity (Wildman–Crippen MR) is 140 cm³/mol. The largest absolute Gasteiger partial charge is 0.368 e. The molecule has 0 N–H and O–H groups in total. The van der Waals surface area contributed by atoms with Gasteiger partial charge in [0.05, 0.1) is 10.6 Å². The van der Waals surface area contributed by atoms with Crippen LogP contribution >= 0.6 is 27.5 Å². The number of benzene rings is 2. The maximum Gasteiger partial charge on any atom is 0.230 e. The van der Waals surface area contributed by atoms with Gasteiger partial charge in [-0.05, 0) is 71.1 Å². The molecule has 1 aliphatic carbocycles. The van der Waals surface area contributed by atoms with Gasteiger partial charge in [0.1, 0.15) is 0 Å². The van der Waals surface area contributed by atoms with Crippen molar-refractivity contribution < 1.29 is 18.0 Å². The van der Waals surface area contributed by atoms with E-state index >= 15 is 0 Å². The van der Waals surface area contributed by atoms with Gasteiger partial charge in [0.25, 0.3) is 0 Å². The molecule has 186 valence electrons. The number of piperazine rings is 1. The van der Waals surface area contributed by atoms with Crippen molar-refractivity contribution in [3.63, 3.8) is 0 Å². The van der Waals surface area contributed by atoms with Crippen LogP contribution in [0.5, 0.6) is 0 Å². The van der Waals surface area contributed by atoms with Gasteiger partial charge in [-0.2, -0.15) is 0 Å². The summed E-state index contributed by atoms with van der Waals surface area (Å²) in [5.41, 5.74) is 2.67. The first-order valence-corrected chi connectivity index (χ1v) is 14.7. The monoisotopic (exact) mass is 579 g/mol. The standard InChI is InChI=1S/C25H27BrClN3O4S/c26-21-14-18-6-8-30(25(32)17-4-5-17)22(18)16-23(21)35(33,34)13-7-24(31)29-11-9-28(10-12-29)20-3-1-2-19(27)15-20/h1-3,14-17H,4-13H2. The van der Waals surface area contributed by atoms with E-state index < -0.39 is 9.84 Å². The Hall–Kier alpha value is -2.10. The van der Waals surface area contributed by atoms with E-state index in [-0.39, 0.29) is 34.8 Å². The Morgan fingerprint density at radius 1 is 1.03 bits per heavy atom. The maximum atomic E-state index is 13.2. The molecule has 2 heterocycles. The van der Waals surface area contributed by atoms with Crippen LogP contribution in [0.3, 0.4) is 0 Å². The molecule has 0 aromatic heterocycles. The SMILES string of the molecule is O=C(CCS(=O)(=O)c1cc2c(cc1Br)CCN2C(=O)C1CC1)N1CCN(c2cccc(Cl)c2)CC1. The predicted octanol–water partition coefficient (Wildman–Crippen LogP) is 3.91. The summed E-state index contributed by atoms with van der Waals surface area (Å²) in [6.07, 6.45) is 2.45. The molecule has 0 spiro atoms. The zero-order valence-electron chi connectivity index (χ0n) is 19.3. The molecule has 2 aromatic rings. The summed E-state index contributed by atoms with van der Waals surface area (Å²) in [4.78, 5) is 31.2. The van der Waals surface area contributed by atoms with Gasteiger partial charge in [0.2, 0.25) is 11.8 Å². The van der Waals surface area contributed by atoms with Crippen LogP contribution in [-0.2, 0) is 25.8 Å². The minimum absolute atomic E-state index is 0.0709. The highest BCUT2D eigenvalue weighted by atomic mass is 79.9. The molecule has 5 rings (SSSR count). The Bertz CT molecular complexity index is 1270. The van der Waals surface area contributed by atoms with E-state index in [9.17, 15) is 18.0 Å². The summed E-state index contributed by atoms with van der Waals surface area (Å²) in [7, 11) is -3.72. The van der Waals surface area contributed by atoms with Crippen LogP contribution in [0.25, 0.3) is 0 Å². The number of nitrogens with zero attached hydrogens (tertiary/aromatic N) is 3. The molecular formula is C25H27BrClN3O4S. The summed E-state index contributed by atoms with van der Waals surface area (Å²) in [6, 6.07) is 11.0. The molecule has 2 amide bonds. The number of rotatable bonds is 6. The summed E-state index contributed by atoms with van der Waals surface area (Å²) >= 11 is 9.50. The number of carbonyl (C=O) groups is 2. The second kappa shape index (κ2) is 9.75. The fourth-order valence-electron chi connectivity index (χ4n) is 4.78. The van der Waals surface area contributed by atoms with E-state index in [1.165, 1.54) is 0 Å². The summed E-state index contributed by atoms with van der Waals surface area (Å²) in [6.45, 7) is 2.98. The lowest BCUT2D eigenvalue weighted by Crippen LogP contribution is -2.49. The Morgan fingerprint density at radius 3 is 2.46 bits per heavy atom. The van der Waals surface area contributed by atoms with E-state index in [1.54, 1.807) is 21.9 Å². The second-order valence-electron chi connectivity index (χ2n) is 9.34. The van der Waals surface area contributed by atoms with Gasteiger partial charge in [-0.15, -0.1) is 0 Å². The number of sulfone groups is 1. The highest BCUT2D eigenvalue weighted by molar-refractivity contribution is 9.10. The van der Waals surface area contributed by atoms with Crippen LogP contribution in [0, 0.1) is 5.92 Å². The van der Waals surface area contributed by atoms with Crippen molar-refractivity contribution in [1.82, 2.24) is 4.90 Å². The normalized spacial score (nSPS) is 18.1. The first kappa shape index (κ1) is 24.6. The van der Waals surface area contributed by atoms with Crippen LogP contribution < -0.4 is 9.80 Å². The second-order valence-corrected chi connectivity index (χ2v) is 12.7. The van der Waals surface area contributed by atoms with Crippen LogP contribution in [0.15, 0.2) is 45.8 Å². The van der Waals surface area contributed by atoms with Gasteiger partial charge in [0, 0.05) is 65.9 Å². The van der Waals surface area contributed by atoms with E-state index in [0.29, 0.717) is 54.3 Å². The quantitative estimate of drug-likeness (QED) is 0.518. The van der Waals surface area contributed by atoms with Gasteiger partial charge >= 0.3 is 0 Å². The van der Waals surface area contributed by atoms with E-state index in [2.05, 4.69) is 20.8 Å². The number of fused-ring (bicyclic) bond motifs is 1. The lowest BCUT2D eigenvalue weighted by molar-refractivity contribution is -0.131. The summed E-state index contributed by atoms with van der Waals surface area (Å²) < 4.78 is 26.9. The number of hydrogen-bond donors (Lipinski definition) is 0. The number of anilines is 2. The fourth-order valence-corrected chi connectivity index (χ4v) is 7.41. The van der Waals surface area contributed by atoms with E-state index in [1.807, 2.05) is 24.3 Å². The van der Waals surface area contributed by atoms with Crippen molar-refractivity contribution in [3.05, 3.63) is 51.5 Å². The average molecular weight is 581 g/mol. The molecule has 35 heavy (non-hydrogen) atoms. The van der Waals surface area contributed by atoms with Crippen molar-refractivity contribution in [2.45, 2.75) is 30.6 Å². The molecule has 0 atom stereocenters. The summed E-state index contributed by atoms with van der Waals surface area (Å²) in [5, 5.41) is 0.670. The molecule has 2 aromatic carbocycles. The lowest BCUT2D eigenvalue weighted by Gasteiger charge is -2.36. The van der Waals surface area contributed by atoms with Gasteiger partial charge in [0.15, 0.2) is 9.84 Å². The Morgan fingerprint density at radius 2 is 1.77 bits per heavy atom. The molecule has 0 bridgehead atoms. The van der Waals surface area contributed by atoms with E-state index in [0.717, 1.165) is 24.1 Å². The minimum atomic E-state index is -3.72. The van der Waals surface area contributed by atoms with Crippen LogP contribution in [0.1, 0.15) is 24.8 Å². The van der Waals surface area contributed by atoms with Crippen LogP contribution in [0.2, 0.25) is 5.02 Å². The van der Waals surface area contributed by atoms with Crippen LogP contribution in [-0.4, -0.2) is 63.6 Å². The number of halogens is 2. The molecule has 10 heteroatoms. The topological polar surface area (TPSA) is 78.0 Å². The molecule has 0 radical (unpaired) electrons. The van der Waals surface area contributed by atoms with Gasteiger partial charge in [-0.25, -0.2) is 8.42 Å². The van der Waals surface area contributed by atoms with E-state index in [4.69, 9.17) is 11.6 Å². The van der Waals surface area contributed by atoms with Crippen molar-refractivity contribution in [3.8, 4) is 0 Å².